The molecule has 1 saturated heterocycles. The molecule has 1 fully saturated rings. The monoisotopic (exact) mass is 392 g/mol. The van der Waals surface area contributed by atoms with Crippen LogP contribution in [0.4, 0.5) is 0 Å². The Morgan fingerprint density at radius 2 is 1.86 bits per heavy atom. The van der Waals surface area contributed by atoms with Gasteiger partial charge in [0, 0.05) is 31.6 Å². The van der Waals surface area contributed by atoms with Crippen LogP contribution in [0.25, 0.3) is 10.9 Å². The largest absolute Gasteiger partial charge is 0.493 e. The maximum atomic E-state index is 5.90. The normalized spacial score (nSPS) is 16.4. The topological polar surface area (TPSA) is 43.8 Å². The van der Waals surface area contributed by atoms with E-state index in [9.17, 15) is 0 Å². The van der Waals surface area contributed by atoms with Gasteiger partial charge in [0.05, 0.1) is 31.5 Å². The maximum absolute atomic E-state index is 5.90. The highest BCUT2D eigenvalue weighted by molar-refractivity contribution is 5.78. The average Bonchev–Trinajstić information content (AvgIpc) is 3.26. The molecule has 0 spiro atoms. The van der Waals surface area contributed by atoms with E-state index in [0.29, 0.717) is 0 Å². The van der Waals surface area contributed by atoms with Gasteiger partial charge in [-0.15, -0.1) is 0 Å². The molecule has 4 rings (SSSR count). The van der Waals surface area contributed by atoms with Crippen LogP contribution in [0.1, 0.15) is 24.1 Å². The fourth-order valence-electron chi connectivity index (χ4n) is 3.92. The summed E-state index contributed by atoms with van der Waals surface area (Å²) in [6, 6.07) is 18.6. The molecule has 0 saturated carbocycles. The molecule has 152 valence electrons. The fraction of sp³-hybridized carbons (Fsp3) is 0.375. The first-order valence-corrected chi connectivity index (χ1v) is 10.1. The van der Waals surface area contributed by atoms with E-state index in [2.05, 4.69) is 41.3 Å². The van der Waals surface area contributed by atoms with Crippen LogP contribution in [0.5, 0.6) is 11.5 Å². The number of fused-ring (bicyclic) bond motifs is 1. The second-order valence-corrected chi connectivity index (χ2v) is 7.49. The summed E-state index contributed by atoms with van der Waals surface area (Å²) >= 11 is 0. The second kappa shape index (κ2) is 9.25. The summed E-state index contributed by atoms with van der Waals surface area (Å²) in [6.45, 7) is 3.33. The number of pyridine rings is 1. The van der Waals surface area contributed by atoms with Gasteiger partial charge in [-0.25, -0.2) is 0 Å². The predicted octanol–water partition coefficient (Wildman–Crippen LogP) is 4.43. The third-order valence-corrected chi connectivity index (χ3v) is 5.38. The van der Waals surface area contributed by atoms with Crippen molar-refractivity contribution >= 4 is 10.9 Å². The summed E-state index contributed by atoms with van der Waals surface area (Å²) in [5.74, 6) is 1.50. The molecule has 3 aromatic rings. The SMILES string of the molecule is COc1ccc(CN(Cc2ccc3ccccc3n2)C[C@@H]2CCCO2)cc1OC. The standard InChI is InChI=1S/C24H28N2O3/c1-27-23-12-9-18(14-24(23)28-2)15-26(17-21-7-5-13-29-21)16-20-11-10-19-6-3-4-8-22(19)25-20/h3-4,6,8-12,14,21H,5,7,13,15-17H2,1-2H3/t21-/m0/s1. The average molecular weight is 392 g/mol. The van der Waals surface area contributed by atoms with Crippen molar-refractivity contribution in [2.45, 2.75) is 32.0 Å². The molecule has 5 nitrogen and oxygen atoms in total. The number of benzene rings is 2. The first-order chi connectivity index (χ1) is 14.2. The zero-order valence-corrected chi connectivity index (χ0v) is 17.1. The first-order valence-electron chi connectivity index (χ1n) is 10.1. The highest BCUT2D eigenvalue weighted by Crippen LogP contribution is 2.28. The van der Waals surface area contributed by atoms with Crippen LogP contribution in [-0.2, 0) is 17.8 Å². The van der Waals surface area contributed by atoms with Crippen molar-refractivity contribution in [2.75, 3.05) is 27.4 Å². The summed E-state index contributed by atoms with van der Waals surface area (Å²) in [4.78, 5) is 7.28. The number of rotatable bonds is 8. The number of ether oxygens (including phenoxy) is 3. The lowest BCUT2D eigenvalue weighted by Crippen LogP contribution is -2.31. The minimum Gasteiger partial charge on any atom is -0.493 e. The highest BCUT2D eigenvalue weighted by atomic mass is 16.5. The minimum atomic E-state index is 0.288. The van der Waals surface area contributed by atoms with E-state index in [1.54, 1.807) is 14.2 Å². The van der Waals surface area contributed by atoms with Gasteiger partial charge in [-0.2, -0.15) is 0 Å². The van der Waals surface area contributed by atoms with Crippen LogP contribution in [0.2, 0.25) is 0 Å². The lowest BCUT2D eigenvalue weighted by atomic mass is 10.1. The summed E-state index contributed by atoms with van der Waals surface area (Å²) in [6.07, 6.45) is 2.55. The third-order valence-electron chi connectivity index (χ3n) is 5.38. The van der Waals surface area contributed by atoms with Gasteiger partial charge in [0.25, 0.3) is 0 Å². The molecule has 1 aromatic heterocycles. The Morgan fingerprint density at radius 3 is 2.66 bits per heavy atom. The summed E-state index contributed by atoms with van der Waals surface area (Å²) in [5, 5.41) is 1.17. The highest BCUT2D eigenvalue weighted by Gasteiger charge is 2.20. The van der Waals surface area contributed by atoms with Gasteiger partial charge >= 0.3 is 0 Å². The quantitative estimate of drug-likeness (QED) is 0.567. The van der Waals surface area contributed by atoms with Gasteiger partial charge < -0.3 is 14.2 Å². The van der Waals surface area contributed by atoms with E-state index in [4.69, 9.17) is 19.2 Å². The number of para-hydroxylation sites is 1. The molecule has 2 heterocycles. The first kappa shape index (κ1) is 19.7. The molecule has 0 unspecified atom stereocenters. The molecule has 0 bridgehead atoms. The maximum Gasteiger partial charge on any atom is 0.161 e. The molecule has 0 N–H and O–H groups in total. The molecular formula is C24H28N2O3. The Balaban J connectivity index is 1.55. The molecule has 1 atom stereocenters. The van der Waals surface area contributed by atoms with Gasteiger partial charge in [-0.1, -0.05) is 30.3 Å². The van der Waals surface area contributed by atoms with Gasteiger partial charge in [-0.05, 0) is 42.7 Å². The van der Waals surface area contributed by atoms with Crippen molar-refractivity contribution < 1.29 is 14.2 Å². The van der Waals surface area contributed by atoms with E-state index >= 15 is 0 Å². The Kier molecular flexibility index (Phi) is 6.27. The lowest BCUT2D eigenvalue weighted by molar-refractivity contribution is 0.0675. The van der Waals surface area contributed by atoms with Crippen LogP contribution in [0.3, 0.4) is 0 Å². The zero-order chi connectivity index (χ0) is 20.1. The predicted molar refractivity (Wildman–Crippen MR) is 114 cm³/mol. The molecular weight excluding hydrogens is 364 g/mol. The summed E-state index contributed by atoms with van der Waals surface area (Å²) in [5.41, 5.74) is 3.29. The van der Waals surface area contributed by atoms with Crippen molar-refractivity contribution in [1.29, 1.82) is 0 Å². The molecule has 1 aliphatic rings. The van der Waals surface area contributed by atoms with E-state index in [1.807, 2.05) is 18.2 Å². The van der Waals surface area contributed by atoms with E-state index < -0.39 is 0 Å². The number of aromatic nitrogens is 1. The number of hydrogen-bond acceptors (Lipinski definition) is 5. The second-order valence-electron chi connectivity index (χ2n) is 7.49. The summed E-state index contributed by atoms with van der Waals surface area (Å²) < 4.78 is 16.8. The number of methoxy groups -OCH3 is 2. The Bertz CT molecular complexity index is 954. The smallest absolute Gasteiger partial charge is 0.161 e. The molecule has 5 heteroatoms. The van der Waals surface area contributed by atoms with Gasteiger partial charge in [0.1, 0.15) is 0 Å². The van der Waals surface area contributed by atoms with Crippen LogP contribution in [0.15, 0.2) is 54.6 Å². The molecule has 0 amide bonds. The summed E-state index contributed by atoms with van der Waals surface area (Å²) in [7, 11) is 3.33. The van der Waals surface area contributed by atoms with Crippen molar-refractivity contribution in [1.82, 2.24) is 9.88 Å². The molecule has 29 heavy (non-hydrogen) atoms. The Hall–Kier alpha value is -2.63. The van der Waals surface area contributed by atoms with Crippen LogP contribution < -0.4 is 9.47 Å². The molecule has 1 aliphatic heterocycles. The van der Waals surface area contributed by atoms with Crippen molar-refractivity contribution in [3.8, 4) is 11.5 Å². The number of hydrogen-bond donors (Lipinski definition) is 0. The van der Waals surface area contributed by atoms with Crippen LogP contribution in [-0.4, -0.2) is 43.4 Å². The van der Waals surface area contributed by atoms with Gasteiger partial charge in [-0.3, -0.25) is 9.88 Å². The molecule has 2 aromatic carbocycles. The number of nitrogens with zero attached hydrogens (tertiary/aromatic N) is 2. The van der Waals surface area contributed by atoms with Gasteiger partial charge in [0.15, 0.2) is 11.5 Å². The van der Waals surface area contributed by atoms with Crippen LogP contribution in [0, 0.1) is 0 Å². The Morgan fingerprint density at radius 1 is 1.00 bits per heavy atom. The Labute approximate surface area is 172 Å². The van der Waals surface area contributed by atoms with Crippen molar-refractivity contribution in [3.05, 3.63) is 65.9 Å². The third kappa shape index (κ3) is 4.86. The van der Waals surface area contributed by atoms with Crippen molar-refractivity contribution in [2.24, 2.45) is 0 Å². The molecule has 0 aliphatic carbocycles. The minimum absolute atomic E-state index is 0.288. The van der Waals surface area contributed by atoms with E-state index in [1.165, 1.54) is 10.9 Å². The van der Waals surface area contributed by atoms with Crippen LogP contribution >= 0.6 is 0 Å². The molecule has 0 radical (unpaired) electrons. The fourth-order valence-corrected chi connectivity index (χ4v) is 3.92. The van der Waals surface area contributed by atoms with E-state index in [0.717, 1.165) is 61.8 Å². The van der Waals surface area contributed by atoms with Gasteiger partial charge in [0.2, 0.25) is 0 Å². The lowest BCUT2D eigenvalue weighted by Gasteiger charge is -2.25. The zero-order valence-electron chi connectivity index (χ0n) is 17.1. The van der Waals surface area contributed by atoms with E-state index in [-0.39, 0.29) is 6.10 Å². The van der Waals surface area contributed by atoms with Crippen molar-refractivity contribution in [3.63, 3.8) is 0 Å².